The van der Waals surface area contributed by atoms with Crippen molar-refractivity contribution in [3.8, 4) is 0 Å². The van der Waals surface area contributed by atoms with E-state index in [1.165, 1.54) is 24.3 Å². The van der Waals surface area contributed by atoms with Crippen molar-refractivity contribution in [3.63, 3.8) is 0 Å². The zero-order valence-electron chi connectivity index (χ0n) is 16.7. The highest BCUT2D eigenvalue weighted by atomic mass is 79.9. The molecule has 0 atom stereocenters. The number of hydrogen-bond acceptors (Lipinski definition) is 3. The maximum absolute atomic E-state index is 13.0. The first-order valence-corrected chi connectivity index (χ1v) is 10.9. The molecule has 0 saturated heterocycles. The molecule has 5 nitrogen and oxygen atoms in total. The normalized spacial score (nSPS) is 11.8. The number of ether oxygens (including phenoxy) is 1. The van der Waals surface area contributed by atoms with Gasteiger partial charge in [-0.2, -0.15) is 13.9 Å². The lowest BCUT2D eigenvalue weighted by molar-refractivity contribution is -0.168. The summed E-state index contributed by atoms with van der Waals surface area (Å²) >= 11 is 15.4. The number of carbonyl (C=O) groups excluding carboxylic acids is 1. The van der Waals surface area contributed by atoms with Crippen LogP contribution in [0.25, 0.3) is 0 Å². The third-order valence-electron chi connectivity index (χ3n) is 4.37. The summed E-state index contributed by atoms with van der Waals surface area (Å²) < 4.78 is 57.1. The van der Waals surface area contributed by atoms with Crippen LogP contribution in [0.5, 0.6) is 0 Å². The van der Waals surface area contributed by atoms with Gasteiger partial charge in [0.1, 0.15) is 6.61 Å². The van der Waals surface area contributed by atoms with Crippen molar-refractivity contribution in [1.29, 1.82) is 0 Å². The van der Waals surface area contributed by atoms with E-state index in [9.17, 15) is 22.4 Å². The highest BCUT2D eigenvalue weighted by Crippen LogP contribution is 2.26. The number of rotatable bonds is 9. The molecule has 2 aromatic carbocycles. The fourth-order valence-corrected chi connectivity index (χ4v) is 3.62. The number of anilines is 1. The van der Waals surface area contributed by atoms with Crippen molar-refractivity contribution in [2.75, 3.05) is 11.9 Å². The van der Waals surface area contributed by atoms with Crippen LogP contribution in [0.15, 0.2) is 53.1 Å². The molecule has 3 aromatic rings. The van der Waals surface area contributed by atoms with Crippen molar-refractivity contribution in [2.24, 2.45) is 0 Å². The van der Waals surface area contributed by atoms with Gasteiger partial charge in [-0.25, -0.2) is 8.78 Å². The monoisotopic (exact) mass is 567 g/mol. The third kappa shape index (κ3) is 6.92. The summed E-state index contributed by atoms with van der Waals surface area (Å²) in [5, 5.41) is 7.95. The predicted octanol–water partition coefficient (Wildman–Crippen LogP) is 6.67. The summed E-state index contributed by atoms with van der Waals surface area (Å²) in [5.41, 5.74) is 1.35. The van der Waals surface area contributed by atoms with E-state index < -0.39 is 24.9 Å². The van der Waals surface area contributed by atoms with Gasteiger partial charge in [-0.15, -0.1) is 0 Å². The summed E-state index contributed by atoms with van der Waals surface area (Å²) in [6.07, 6.45) is -2.16. The summed E-state index contributed by atoms with van der Waals surface area (Å²) in [6.45, 7) is -1.45. The maximum Gasteiger partial charge on any atom is 0.330 e. The number of alkyl halides is 4. The molecular weight excluding hydrogens is 553 g/mol. The molecule has 0 bridgehead atoms. The van der Waals surface area contributed by atoms with Crippen LogP contribution in [-0.4, -0.2) is 34.6 Å². The van der Waals surface area contributed by atoms with Crippen LogP contribution in [0.2, 0.25) is 10.0 Å². The molecule has 1 N–H and O–H groups in total. The first kappa shape index (κ1) is 25.5. The van der Waals surface area contributed by atoms with Gasteiger partial charge in [-0.05, 0) is 51.3 Å². The molecule has 33 heavy (non-hydrogen) atoms. The van der Waals surface area contributed by atoms with Crippen LogP contribution in [0.4, 0.5) is 23.4 Å². The molecule has 3 rings (SSSR count). The topological polar surface area (TPSA) is 56.2 Å². The van der Waals surface area contributed by atoms with Crippen LogP contribution in [-0.2, 0) is 17.9 Å². The quantitative estimate of drug-likeness (QED) is 0.293. The average molecular weight is 569 g/mol. The standard InChI is InChI=1S/C21H16BrCl2F4N3O2/c22-16-9-31(8-14-4-5-15(23)7-17(14)24)30-18(16)29-19(32)13-3-1-2-12(6-13)10-33-11-21(27,28)20(25)26/h1-7,9,20H,8,10-11H2,(H,29,30,32). The second-order valence-corrected chi connectivity index (χ2v) is 8.67. The van der Waals surface area contributed by atoms with Crippen LogP contribution < -0.4 is 5.32 Å². The van der Waals surface area contributed by atoms with Crippen molar-refractivity contribution in [1.82, 2.24) is 9.78 Å². The minimum absolute atomic E-state index is 0.207. The van der Waals surface area contributed by atoms with Gasteiger partial charge < -0.3 is 10.1 Å². The second-order valence-electron chi connectivity index (χ2n) is 6.97. The molecule has 0 radical (unpaired) electrons. The Hall–Kier alpha value is -2.14. The number of amides is 1. The molecule has 1 heterocycles. The molecule has 0 unspecified atom stereocenters. The number of aromatic nitrogens is 2. The second kappa shape index (κ2) is 10.9. The van der Waals surface area contributed by atoms with Crippen LogP contribution in [0.1, 0.15) is 21.5 Å². The van der Waals surface area contributed by atoms with E-state index in [1.54, 1.807) is 29.1 Å². The van der Waals surface area contributed by atoms with Crippen LogP contribution >= 0.6 is 39.1 Å². The molecule has 1 aromatic heterocycles. The largest absolute Gasteiger partial charge is 0.370 e. The highest BCUT2D eigenvalue weighted by molar-refractivity contribution is 9.10. The van der Waals surface area contributed by atoms with E-state index in [-0.39, 0.29) is 18.0 Å². The van der Waals surface area contributed by atoms with Gasteiger partial charge >= 0.3 is 12.3 Å². The summed E-state index contributed by atoms with van der Waals surface area (Å²) in [5.74, 6) is -4.50. The van der Waals surface area contributed by atoms with Crippen molar-refractivity contribution in [3.05, 3.63) is 79.9 Å². The minimum Gasteiger partial charge on any atom is -0.370 e. The van der Waals surface area contributed by atoms with Crippen molar-refractivity contribution < 1.29 is 27.1 Å². The van der Waals surface area contributed by atoms with Crippen molar-refractivity contribution >= 4 is 50.9 Å². The number of carbonyl (C=O) groups is 1. The lowest BCUT2D eigenvalue weighted by Crippen LogP contribution is -2.32. The molecule has 0 aliphatic rings. The SMILES string of the molecule is O=C(Nc1nn(Cc2ccc(Cl)cc2Cl)cc1Br)c1cccc(COCC(F)(F)C(F)F)c1. The van der Waals surface area contributed by atoms with E-state index >= 15 is 0 Å². The molecule has 176 valence electrons. The Morgan fingerprint density at radius 1 is 1.21 bits per heavy atom. The number of nitrogens with zero attached hydrogens (tertiary/aromatic N) is 2. The van der Waals surface area contributed by atoms with Gasteiger partial charge in [0.05, 0.1) is 17.6 Å². The Balaban J connectivity index is 1.64. The molecule has 0 aliphatic heterocycles. The van der Waals surface area contributed by atoms with Gasteiger partial charge in [-0.3, -0.25) is 9.48 Å². The Morgan fingerprint density at radius 3 is 2.67 bits per heavy atom. The average Bonchev–Trinajstić information content (AvgIpc) is 3.08. The van der Waals surface area contributed by atoms with Gasteiger partial charge in [0.15, 0.2) is 5.82 Å². The molecule has 0 fully saturated rings. The van der Waals surface area contributed by atoms with Gasteiger partial charge in [0.2, 0.25) is 0 Å². The molecule has 1 amide bonds. The van der Waals surface area contributed by atoms with E-state index in [4.69, 9.17) is 27.9 Å². The lowest BCUT2D eigenvalue weighted by Gasteiger charge is -2.15. The number of halogens is 7. The first-order chi connectivity index (χ1) is 15.5. The zero-order chi connectivity index (χ0) is 24.2. The highest BCUT2D eigenvalue weighted by Gasteiger charge is 2.40. The molecule has 0 saturated carbocycles. The minimum atomic E-state index is -4.24. The van der Waals surface area contributed by atoms with Gasteiger partial charge in [0.25, 0.3) is 5.91 Å². The Labute approximate surface area is 204 Å². The molecular formula is C21H16BrCl2F4N3O2. The molecule has 0 spiro atoms. The van der Waals surface area contributed by atoms with E-state index in [1.807, 2.05) is 0 Å². The predicted molar refractivity (Wildman–Crippen MR) is 120 cm³/mol. The molecule has 12 heteroatoms. The Bertz CT molecular complexity index is 1140. The Morgan fingerprint density at radius 2 is 1.97 bits per heavy atom. The van der Waals surface area contributed by atoms with E-state index in [0.717, 1.165) is 5.56 Å². The smallest absolute Gasteiger partial charge is 0.330 e. The van der Waals surface area contributed by atoms with E-state index in [0.29, 0.717) is 26.6 Å². The van der Waals surface area contributed by atoms with Gasteiger partial charge in [-0.1, -0.05) is 41.4 Å². The molecule has 0 aliphatic carbocycles. The lowest BCUT2D eigenvalue weighted by atomic mass is 10.1. The number of nitrogens with one attached hydrogen (secondary N) is 1. The Kier molecular flexibility index (Phi) is 8.38. The summed E-state index contributed by atoms with van der Waals surface area (Å²) in [4.78, 5) is 12.6. The van der Waals surface area contributed by atoms with Crippen molar-refractivity contribution in [2.45, 2.75) is 25.5 Å². The summed E-state index contributed by atoms with van der Waals surface area (Å²) in [7, 11) is 0. The third-order valence-corrected chi connectivity index (χ3v) is 5.54. The van der Waals surface area contributed by atoms with Crippen LogP contribution in [0.3, 0.4) is 0 Å². The number of benzene rings is 2. The van der Waals surface area contributed by atoms with Crippen LogP contribution in [0, 0.1) is 0 Å². The fraction of sp³-hybridized carbons (Fsp3) is 0.238. The first-order valence-electron chi connectivity index (χ1n) is 9.36. The van der Waals surface area contributed by atoms with E-state index in [2.05, 4.69) is 26.3 Å². The number of hydrogen-bond donors (Lipinski definition) is 1. The van der Waals surface area contributed by atoms with Gasteiger partial charge in [0, 0.05) is 21.8 Å². The zero-order valence-corrected chi connectivity index (χ0v) is 19.8. The summed E-state index contributed by atoms with van der Waals surface area (Å²) in [6, 6.07) is 11.1. The fourth-order valence-electron chi connectivity index (χ4n) is 2.74. The maximum atomic E-state index is 13.0.